The number of rotatable bonds is 4. The smallest absolute Gasteiger partial charge is 0.323 e. The largest absolute Gasteiger partial charge is 0.480 e. The Bertz CT molecular complexity index is 379. The molecule has 5 heteroatoms. The number of amides is 2. The first-order valence-corrected chi connectivity index (χ1v) is 7.43. The lowest BCUT2D eigenvalue weighted by molar-refractivity contribution is -0.137. The predicted molar refractivity (Wildman–Crippen MR) is 76.5 cm³/mol. The number of piperidine rings is 1. The van der Waals surface area contributed by atoms with Crippen molar-refractivity contribution in [3.8, 4) is 0 Å². The monoisotopic (exact) mass is 280 g/mol. The zero-order valence-corrected chi connectivity index (χ0v) is 12.0. The molecular weight excluding hydrogens is 256 g/mol. The second-order valence-corrected chi connectivity index (χ2v) is 6.04. The Morgan fingerprint density at radius 3 is 2.30 bits per heavy atom. The van der Waals surface area contributed by atoms with Gasteiger partial charge in [0.15, 0.2) is 0 Å². The van der Waals surface area contributed by atoms with Crippen molar-refractivity contribution >= 4 is 12.0 Å². The summed E-state index contributed by atoms with van der Waals surface area (Å²) in [6.45, 7) is 5.13. The van der Waals surface area contributed by atoms with Gasteiger partial charge in [0.05, 0.1) is 0 Å². The summed E-state index contributed by atoms with van der Waals surface area (Å²) in [5.74, 6) is -0.982. The van der Waals surface area contributed by atoms with E-state index in [-0.39, 0.29) is 19.1 Å². The molecule has 0 aromatic rings. The molecule has 1 N–H and O–H groups in total. The minimum absolute atomic E-state index is 0.167. The van der Waals surface area contributed by atoms with E-state index in [1.54, 1.807) is 11.0 Å². The molecule has 0 atom stereocenters. The van der Waals surface area contributed by atoms with Crippen LogP contribution in [0, 0.1) is 5.41 Å². The molecule has 2 fully saturated rings. The molecular formula is C15H24N2O3. The maximum absolute atomic E-state index is 12.4. The van der Waals surface area contributed by atoms with E-state index >= 15 is 0 Å². The molecule has 0 aromatic carbocycles. The number of hydrogen-bond donors (Lipinski definition) is 1. The van der Waals surface area contributed by atoms with Crippen LogP contribution in [0.4, 0.5) is 4.79 Å². The van der Waals surface area contributed by atoms with E-state index < -0.39 is 5.97 Å². The van der Waals surface area contributed by atoms with Crippen molar-refractivity contribution in [3.63, 3.8) is 0 Å². The van der Waals surface area contributed by atoms with Crippen LogP contribution in [0.5, 0.6) is 0 Å². The van der Waals surface area contributed by atoms with Crippen LogP contribution in [0.1, 0.15) is 38.5 Å². The molecule has 1 saturated heterocycles. The van der Waals surface area contributed by atoms with Crippen LogP contribution in [0.2, 0.25) is 0 Å². The summed E-state index contributed by atoms with van der Waals surface area (Å²) in [6.07, 6.45) is 8.91. The van der Waals surface area contributed by atoms with Crippen LogP contribution in [-0.2, 0) is 4.79 Å². The van der Waals surface area contributed by atoms with E-state index in [0.29, 0.717) is 5.41 Å². The Kier molecular flexibility index (Phi) is 4.68. The fourth-order valence-electron chi connectivity index (χ4n) is 3.53. The van der Waals surface area contributed by atoms with Crippen molar-refractivity contribution in [1.29, 1.82) is 0 Å². The summed E-state index contributed by atoms with van der Waals surface area (Å²) < 4.78 is 0. The first-order chi connectivity index (χ1) is 9.56. The number of carboxylic acid groups (broad SMARTS) is 1. The number of carbonyl (C=O) groups excluding carboxylic acids is 1. The highest BCUT2D eigenvalue weighted by Crippen LogP contribution is 2.46. The van der Waals surface area contributed by atoms with Crippen molar-refractivity contribution in [2.75, 3.05) is 26.2 Å². The van der Waals surface area contributed by atoms with E-state index in [4.69, 9.17) is 5.11 Å². The molecule has 1 aliphatic carbocycles. The highest BCUT2D eigenvalue weighted by atomic mass is 16.4. The molecule has 1 heterocycles. The molecule has 2 aliphatic rings. The number of hydrogen-bond acceptors (Lipinski definition) is 2. The average molecular weight is 280 g/mol. The molecule has 0 radical (unpaired) electrons. The van der Waals surface area contributed by atoms with Crippen molar-refractivity contribution in [1.82, 2.24) is 9.80 Å². The van der Waals surface area contributed by atoms with Gasteiger partial charge in [-0.25, -0.2) is 4.79 Å². The number of carboxylic acids is 1. The van der Waals surface area contributed by atoms with E-state index in [2.05, 4.69) is 6.58 Å². The molecule has 1 spiro atoms. The van der Waals surface area contributed by atoms with E-state index in [1.807, 2.05) is 0 Å². The predicted octanol–water partition coefficient (Wildman–Crippen LogP) is 2.34. The first-order valence-electron chi connectivity index (χ1n) is 7.43. The zero-order chi connectivity index (χ0) is 14.6. The number of carbonyl (C=O) groups is 2. The number of urea groups is 1. The summed E-state index contributed by atoms with van der Waals surface area (Å²) in [4.78, 5) is 26.3. The zero-order valence-electron chi connectivity index (χ0n) is 12.0. The van der Waals surface area contributed by atoms with Gasteiger partial charge < -0.3 is 14.9 Å². The van der Waals surface area contributed by atoms with Gasteiger partial charge in [-0.2, -0.15) is 0 Å². The van der Waals surface area contributed by atoms with Gasteiger partial charge in [-0.05, 0) is 31.1 Å². The van der Waals surface area contributed by atoms with Crippen molar-refractivity contribution < 1.29 is 14.7 Å². The van der Waals surface area contributed by atoms with Gasteiger partial charge in [0.25, 0.3) is 0 Å². The summed E-state index contributed by atoms with van der Waals surface area (Å²) in [5.41, 5.74) is 0.465. The third-order valence-corrected chi connectivity index (χ3v) is 4.70. The second kappa shape index (κ2) is 6.29. The van der Waals surface area contributed by atoms with Gasteiger partial charge in [-0.15, -0.1) is 6.58 Å². The molecule has 2 rings (SSSR count). The fourth-order valence-corrected chi connectivity index (χ4v) is 3.53. The highest BCUT2D eigenvalue weighted by Gasteiger charge is 2.38. The maximum atomic E-state index is 12.4. The Labute approximate surface area is 120 Å². The van der Waals surface area contributed by atoms with Gasteiger partial charge >= 0.3 is 12.0 Å². The van der Waals surface area contributed by atoms with E-state index in [9.17, 15) is 9.59 Å². The maximum Gasteiger partial charge on any atom is 0.323 e. The Balaban J connectivity index is 1.91. The lowest BCUT2D eigenvalue weighted by atomic mass is 9.77. The summed E-state index contributed by atoms with van der Waals surface area (Å²) in [6, 6.07) is -0.167. The van der Waals surface area contributed by atoms with Gasteiger partial charge in [0.1, 0.15) is 6.54 Å². The summed E-state index contributed by atoms with van der Waals surface area (Å²) in [5, 5.41) is 8.88. The van der Waals surface area contributed by atoms with Crippen LogP contribution in [0.15, 0.2) is 12.7 Å². The molecule has 1 aliphatic heterocycles. The molecule has 0 unspecified atom stereocenters. The van der Waals surface area contributed by atoms with Crippen LogP contribution in [0.3, 0.4) is 0 Å². The van der Waals surface area contributed by atoms with Gasteiger partial charge in [-0.3, -0.25) is 4.79 Å². The Morgan fingerprint density at radius 2 is 1.80 bits per heavy atom. The lowest BCUT2D eigenvalue weighted by Gasteiger charge is -2.40. The standard InChI is InChI=1S/C15H24N2O3/c1-2-9-17(12-13(18)19)14(20)16-10-7-15(8-11-16)5-3-4-6-15/h2H,1,3-12H2,(H,18,19). The Morgan fingerprint density at radius 1 is 1.20 bits per heavy atom. The third kappa shape index (κ3) is 3.32. The molecule has 1 saturated carbocycles. The number of likely N-dealkylation sites (tertiary alicyclic amines) is 1. The fraction of sp³-hybridized carbons (Fsp3) is 0.733. The number of nitrogens with zero attached hydrogens (tertiary/aromatic N) is 2. The van der Waals surface area contributed by atoms with Crippen molar-refractivity contribution in [3.05, 3.63) is 12.7 Å². The topological polar surface area (TPSA) is 60.9 Å². The van der Waals surface area contributed by atoms with Gasteiger partial charge in [0, 0.05) is 19.6 Å². The minimum Gasteiger partial charge on any atom is -0.480 e. The minimum atomic E-state index is -0.982. The molecule has 112 valence electrons. The summed E-state index contributed by atoms with van der Waals surface area (Å²) in [7, 11) is 0. The molecule has 20 heavy (non-hydrogen) atoms. The Hall–Kier alpha value is -1.52. The molecule has 0 aromatic heterocycles. The van der Waals surface area contributed by atoms with E-state index in [1.165, 1.54) is 30.6 Å². The van der Waals surface area contributed by atoms with E-state index in [0.717, 1.165) is 25.9 Å². The van der Waals surface area contributed by atoms with Crippen LogP contribution < -0.4 is 0 Å². The van der Waals surface area contributed by atoms with Gasteiger partial charge in [-0.1, -0.05) is 18.9 Å². The second-order valence-electron chi connectivity index (χ2n) is 6.04. The molecule has 2 amide bonds. The SMILES string of the molecule is C=CCN(CC(=O)O)C(=O)N1CCC2(CCCC2)CC1. The van der Waals surface area contributed by atoms with Crippen molar-refractivity contribution in [2.24, 2.45) is 5.41 Å². The summed E-state index contributed by atoms with van der Waals surface area (Å²) >= 11 is 0. The average Bonchev–Trinajstić information content (AvgIpc) is 2.86. The molecule has 0 bridgehead atoms. The quantitative estimate of drug-likeness (QED) is 0.804. The normalized spacial score (nSPS) is 20.9. The van der Waals surface area contributed by atoms with Crippen molar-refractivity contribution in [2.45, 2.75) is 38.5 Å². The lowest BCUT2D eigenvalue weighted by Crippen LogP contribution is -2.49. The van der Waals surface area contributed by atoms with Crippen LogP contribution in [0.25, 0.3) is 0 Å². The van der Waals surface area contributed by atoms with Crippen LogP contribution in [-0.4, -0.2) is 53.1 Å². The highest BCUT2D eigenvalue weighted by molar-refractivity contribution is 5.80. The van der Waals surface area contributed by atoms with Gasteiger partial charge in [0.2, 0.25) is 0 Å². The number of aliphatic carboxylic acids is 1. The first kappa shape index (κ1) is 14.9. The van der Waals surface area contributed by atoms with Crippen LogP contribution >= 0.6 is 0 Å². The third-order valence-electron chi connectivity index (χ3n) is 4.70. The molecule has 5 nitrogen and oxygen atoms in total.